The fourth-order valence-electron chi connectivity index (χ4n) is 1.68. The van der Waals surface area contributed by atoms with Gasteiger partial charge in [0.2, 0.25) is 0 Å². The molecule has 4 nitrogen and oxygen atoms in total. The second-order valence-electron chi connectivity index (χ2n) is 5.96. The number of carbonyl (C=O) groups excluding carboxylic acids is 2. The van der Waals surface area contributed by atoms with E-state index < -0.39 is 11.6 Å². The van der Waals surface area contributed by atoms with Crippen LogP contribution >= 0.6 is 12.6 Å². The Bertz CT molecular complexity index is 488. The summed E-state index contributed by atoms with van der Waals surface area (Å²) in [7, 11) is 0. The van der Waals surface area contributed by atoms with Crippen LogP contribution in [0.15, 0.2) is 24.3 Å². The Labute approximate surface area is 131 Å². The lowest BCUT2D eigenvalue weighted by atomic mass is 10.0. The third-order valence-electron chi connectivity index (χ3n) is 2.66. The summed E-state index contributed by atoms with van der Waals surface area (Å²) in [5.74, 6) is 0.0668. The molecule has 0 bridgehead atoms. The van der Waals surface area contributed by atoms with E-state index in [2.05, 4.69) is 12.6 Å². The maximum atomic E-state index is 11.5. The predicted octanol–water partition coefficient (Wildman–Crippen LogP) is 3.04. The normalized spacial score (nSPS) is 12.6. The molecule has 1 aromatic rings. The molecule has 116 valence electrons. The molecule has 0 radical (unpaired) electrons. The largest absolute Gasteiger partial charge is 0.482 e. The zero-order valence-corrected chi connectivity index (χ0v) is 13.8. The molecule has 1 atom stereocenters. The van der Waals surface area contributed by atoms with E-state index in [1.54, 1.807) is 12.1 Å². The minimum Gasteiger partial charge on any atom is -0.482 e. The lowest BCUT2D eigenvalue weighted by molar-refractivity contribution is -0.157. The number of hydrogen-bond donors (Lipinski definition) is 1. The fraction of sp³-hybridized carbons (Fsp3) is 0.500. The van der Waals surface area contributed by atoms with E-state index in [0.717, 1.165) is 5.56 Å². The SMILES string of the molecule is CC(Cc1ccc(OCC(=O)OC(C)(C)C)cc1)C(=O)S. The van der Waals surface area contributed by atoms with Crippen LogP contribution in [0.3, 0.4) is 0 Å². The lowest BCUT2D eigenvalue weighted by Gasteiger charge is -2.19. The first-order valence-corrected chi connectivity index (χ1v) is 7.28. The number of rotatable bonds is 6. The van der Waals surface area contributed by atoms with Gasteiger partial charge < -0.3 is 9.47 Å². The highest BCUT2D eigenvalue weighted by molar-refractivity contribution is 7.96. The van der Waals surface area contributed by atoms with Crippen molar-refractivity contribution >= 4 is 23.7 Å². The predicted molar refractivity (Wildman–Crippen MR) is 84.6 cm³/mol. The highest BCUT2D eigenvalue weighted by Gasteiger charge is 2.16. The fourth-order valence-corrected chi connectivity index (χ4v) is 1.77. The van der Waals surface area contributed by atoms with Crippen molar-refractivity contribution in [3.8, 4) is 5.75 Å². The van der Waals surface area contributed by atoms with Crippen LogP contribution in [0, 0.1) is 5.92 Å². The molecule has 5 heteroatoms. The van der Waals surface area contributed by atoms with Gasteiger partial charge >= 0.3 is 5.97 Å². The zero-order chi connectivity index (χ0) is 16.0. The quantitative estimate of drug-likeness (QED) is 0.648. The summed E-state index contributed by atoms with van der Waals surface area (Å²) in [4.78, 5) is 22.6. The van der Waals surface area contributed by atoms with Crippen LogP contribution in [0.2, 0.25) is 0 Å². The topological polar surface area (TPSA) is 52.6 Å². The van der Waals surface area contributed by atoms with Gasteiger partial charge in [0.25, 0.3) is 0 Å². The van der Waals surface area contributed by atoms with Gasteiger partial charge in [-0.05, 0) is 44.9 Å². The van der Waals surface area contributed by atoms with Gasteiger partial charge in [0, 0.05) is 5.92 Å². The van der Waals surface area contributed by atoms with E-state index in [9.17, 15) is 9.59 Å². The molecule has 0 heterocycles. The first kappa shape index (κ1) is 17.6. The number of hydrogen-bond acceptors (Lipinski definition) is 4. The molecule has 1 aromatic carbocycles. The minimum absolute atomic E-state index is 0.123. The van der Waals surface area contributed by atoms with E-state index >= 15 is 0 Å². The molecule has 0 saturated heterocycles. The van der Waals surface area contributed by atoms with Gasteiger partial charge in [-0.15, -0.1) is 12.6 Å². The lowest BCUT2D eigenvalue weighted by Crippen LogP contribution is -2.27. The standard InChI is InChI=1S/C16H22O4S/c1-11(15(18)21)9-12-5-7-13(8-6-12)19-10-14(17)20-16(2,3)4/h5-8,11H,9-10H2,1-4H3,(H,18,21). The van der Waals surface area contributed by atoms with Gasteiger partial charge in [0.15, 0.2) is 11.7 Å². The second-order valence-corrected chi connectivity index (χ2v) is 6.40. The van der Waals surface area contributed by atoms with Crippen molar-refractivity contribution in [2.75, 3.05) is 6.61 Å². The average Bonchev–Trinajstić information content (AvgIpc) is 2.35. The van der Waals surface area contributed by atoms with Crippen molar-refractivity contribution in [1.82, 2.24) is 0 Å². The monoisotopic (exact) mass is 310 g/mol. The van der Waals surface area contributed by atoms with Crippen LogP contribution < -0.4 is 4.74 Å². The zero-order valence-electron chi connectivity index (χ0n) is 12.9. The van der Waals surface area contributed by atoms with E-state index in [4.69, 9.17) is 9.47 Å². The van der Waals surface area contributed by atoms with Gasteiger partial charge in [0.05, 0.1) is 0 Å². The van der Waals surface area contributed by atoms with Crippen molar-refractivity contribution < 1.29 is 19.1 Å². The maximum absolute atomic E-state index is 11.5. The highest BCUT2D eigenvalue weighted by atomic mass is 32.1. The Morgan fingerprint density at radius 1 is 1.19 bits per heavy atom. The van der Waals surface area contributed by atoms with E-state index in [1.165, 1.54) is 0 Å². The Kier molecular flexibility index (Phi) is 6.27. The number of esters is 1. The second kappa shape index (κ2) is 7.50. The molecule has 0 amide bonds. The van der Waals surface area contributed by atoms with Crippen LogP contribution in [0.5, 0.6) is 5.75 Å². The van der Waals surface area contributed by atoms with Crippen molar-refractivity contribution in [3.63, 3.8) is 0 Å². The van der Waals surface area contributed by atoms with E-state index in [0.29, 0.717) is 12.2 Å². The summed E-state index contributed by atoms with van der Waals surface area (Å²) in [5, 5.41) is -0.125. The van der Waals surface area contributed by atoms with Crippen molar-refractivity contribution in [2.24, 2.45) is 5.92 Å². The van der Waals surface area contributed by atoms with Gasteiger partial charge in [-0.2, -0.15) is 0 Å². The summed E-state index contributed by atoms with van der Waals surface area (Å²) in [5.41, 5.74) is 0.509. The molecule has 0 fully saturated rings. The highest BCUT2D eigenvalue weighted by Crippen LogP contribution is 2.16. The summed E-state index contributed by atoms with van der Waals surface area (Å²) in [6.07, 6.45) is 0.634. The Balaban J connectivity index is 2.48. The van der Waals surface area contributed by atoms with Gasteiger partial charge in [-0.25, -0.2) is 4.79 Å². The smallest absolute Gasteiger partial charge is 0.344 e. The molecule has 0 aromatic heterocycles. The van der Waals surface area contributed by atoms with Crippen LogP contribution in [0.25, 0.3) is 0 Å². The van der Waals surface area contributed by atoms with E-state index in [-0.39, 0.29) is 17.6 Å². The van der Waals surface area contributed by atoms with Crippen LogP contribution in [-0.2, 0) is 20.7 Å². The average molecular weight is 310 g/mol. The first-order chi connectivity index (χ1) is 9.67. The third kappa shape index (κ3) is 7.18. The summed E-state index contributed by atoms with van der Waals surface area (Å²) >= 11 is 3.82. The van der Waals surface area contributed by atoms with Crippen molar-refractivity contribution in [1.29, 1.82) is 0 Å². The number of thiol groups is 1. The first-order valence-electron chi connectivity index (χ1n) is 6.84. The number of carbonyl (C=O) groups is 2. The van der Waals surface area contributed by atoms with Gasteiger partial charge in [0.1, 0.15) is 11.4 Å². The van der Waals surface area contributed by atoms with Crippen molar-refractivity contribution in [2.45, 2.75) is 39.7 Å². The summed E-state index contributed by atoms with van der Waals surface area (Å²) in [6.45, 7) is 7.14. The van der Waals surface area contributed by atoms with Crippen LogP contribution in [-0.4, -0.2) is 23.3 Å². The van der Waals surface area contributed by atoms with Crippen LogP contribution in [0.4, 0.5) is 0 Å². The molecule has 0 aliphatic rings. The number of benzene rings is 1. The summed E-state index contributed by atoms with van der Waals surface area (Å²) in [6, 6.07) is 7.29. The maximum Gasteiger partial charge on any atom is 0.344 e. The molecule has 0 N–H and O–H groups in total. The molecule has 0 aliphatic carbocycles. The molecular weight excluding hydrogens is 288 g/mol. The van der Waals surface area contributed by atoms with Gasteiger partial charge in [-0.1, -0.05) is 19.1 Å². The summed E-state index contributed by atoms with van der Waals surface area (Å²) < 4.78 is 10.5. The Hall–Kier alpha value is -1.49. The molecule has 1 unspecified atom stereocenters. The molecule has 0 spiro atoms. The molecule has 1 rings (SSSR count). The Morgan fingerprint density at radius 3 is 2.24 bits per heavy atom. The van der Waals surface area contributed by atoms with Crippen molar-refractivity contribution in [3.05, 3.63) is 29.8 Å². The minimum atomic E-state index is -0.514. The Morgan fingerprint density at radius 2 is 1.76 bits per heavy atom. The molecule has 0 saturated carbocycles. The number of ether oxygens (including phenoxy) is 2. The van der Waals surface area contributed by atoms with Crippen LogP contribution in [0.1, 0.15) is 33.3 Å². The molecule has 21 heavy (non-hydrogen) atoms. The molecular formula is C16H22O4S. The third-order valence-corrected chi connectivity index (χ3v) is 3.10. The van der Waals surface area contributed by atoms with Gasteiger partial charge in [-0.3, -0.25) is 4.79 Å². The molecule has 0 aliphatic heterocycles. The van der Waals surface area contributed by atoms with E-state index in [1.807, 2.05) is 39.8 Å².